The number of hydrogen-bond donors (Lipinski definition) is 2. The molecule has 0 saturated heterocycles. The number of para-hydroxylation sites is 1. The minimum Gasteiger partial charge on any atom is -0.493 e. The minimum absolute atomic E-state index is 0.340. The normalized spacial score (nSPS) is 11.4. The van der Waals surface area contributed by atoms with Gasteiger partial charge in [0.25, 0.3) is 0 Å². The fraction of sp³-hybridized carbons (Fsp3) is 0.179. The van der Waals surface area contributed by atoms with Gasteiger partial charge in [0.05, 0.1) is 29.4 Å². The zero-order valence-corrected chi connectivity index (χ0v) is 19.7. The summed E-state index contributed by atoms with van der Waals surface area (Å²) in [5.41, 5.74) is 4.11. The predicted octanol–water partition coefficient (Wildman–Crippen LogP) is 3.67. The Bertz CT molecular complexity index is 1290. The molecule has 6 heteroatoms. The number of pyridine rings is 1. The van der Waals surface area contributed by atoms with E-state index >= 15 is 0 Å². The van der Waals surface area contributed by atoms with Gasteiger partial charge in [-0.1, -0.05) is 61.7 Å². The molecule has 3 aromatic rings. The molecule has 34 heavy (non-hydrogen) atoms. The van der Waals surface area contributed by atoms with Gasteiger partial charge in [-0.15, -0.1) is 0 Å². The number of allylic oxidation sites excluding steroid dienone is 1. The van der Waals surface area contributed by atoms with Crippen molar-refractivity contribution in [2.45, 2.75) is 19.9 Å². The average Bonchev–Trinajstić information content (AvgIpc) is 2.88. The molecule has 0 saturated carbocycles. The van der Waals surface area contributed by atoms with Crippen molar-refractivity contribution in [2.75, 3.05) is 19.0 Å². The zero-order chi connectivity index (χ0) is 25.1. The van der Waals surface area contributed by atoms with Crippen LogP contribution in [0.15, 0.2) is 61.2 Å². The topological polar surface area (TPSA) is 95.2 Å². The number of aliphatic hydroxyl groups is 1. The van der Waals surface area contributed by atoms with Gasteiger partial charge in [-0.3, -0.25) is 0 Å². The quantitative estimate of drug-likeness (QED) is 0.503. The van der Waals surface area contributed by atoms with E-state index in [1.165, 1.54) is 0 Å². The molecule has 0 aliphatic rings. The first-order chi connectivity index (χ1) is 16.5. The van der Waals surface area contributed by atoms with Crippen molar-refractivity contribution in [1.82, 2.24) is 4.98 Å². The Hall–Kier alpha value is -4.21. The Labute approximate surface area is 200 Å². The lowest BCUT2D eigenvalue weighted by atomic mass is 9.99. The van der Waals surface area contributed by atoms with Gasteiger partial charge in [-0.05, 0) is 31.6 Å². The van der Waals surface area contributed by atoms with Crippen molar-refractivity contribution in [3.8, 4) is 34.2 Å². The lowest BCUT2D eigenvalue weighted by Crippen LogP contribution is -2.34. The smallest absolute Gasteiger partial charge is 0.141 e. The number of nitriles is 1. The fourth-order valence-electron chi connectivity index (χ4n) is 3.42. The number of nitrogens with one attached hydrogen (secondary N) is 1. The maximum absolute atomic E-state index is 11.2. The molecular formula is C28H29N3O3. The lowest BCUT2D eigenvalue weighted by molar-refractivity contribution is -0.108. The molecule has 174 valence electrons. The van der Waals surface area contributed by atoms with E-state index in [4.69, 9.17) is 9.84 Å². The van der Waals surface area contributed by atoms with Gasteiger partial charge in [0.2, 0.25) is 0 Å². The molecule has 3 rings (SSSR count). The van der Waals surface area contributed by atoms with E-state index in [0.29, 0.717) is 34.1 Å². The fourth-order valence-corrected chi connectivity index (χ4v) is 3.42. The summed E-state index contributed by atoms with van der Waals surface area (Å²) in [6, 6.07) is 17.4. The van der Waals surface area contributed by atoms with Crippen LogP contribution in [0.1, 0.15) is 19.4 Å². The summed E-state index contributed by atoms with van der Waals surface area (Å²) < 4.78 is 5.75. The zero-order valence-electron chi connectivity index (χ0n) is 19.7. The van der Waals surface area contributed by atoms with Crippen LogP contribution in [0.3, 0.4) is 0 Å². The molecule has 1 heterocycles. The second-order valence-electron chi connectivity index (χ2n) is 7.16. The van der Waals surface area contributed by atoms with E-state index in [1.807, 2.05) is 55.5 Å². The Morgan fingerprint density at radius 3 is 2.41 bits per heavy atom. The summed E-state index contributed by atoms with van der Waals surface area (Å²) in [6.07, 6.45) is 4.13. The van der Waals surface area contributed by atoms with Crippen LogP contribution in [0.4, 0.5) is 5.69 Å². The number of aldehydes is 1. The van der Waals surface area contributed by atoms with E-state index in [1.54, 1.807) is 19.1 Å². The van der Waals surface area contributed by atoms with Crippen LogP contribution in [0.2, 0.25) is 0 Å². The molecule has 0 radical (unpaired) electrons. The highest BCUT2D eigenvalue weighted by atomic mass is 16.5. The number of carbonyl (C=O) groups excluding carboxylic acids is 1. The van der Waals surface area contributed by atoms with Crippen LogP contribution in [-0.2, 0) is 4.79 Å². The third-order valence-corrected chi connectivity index (χ3v) is 4.95. The highest BCUT2D eigenvalue weighted by Crippen LogP contribution is 2.32. The van der Waals surface area contributed by atoms with Crippen molar-refractivity contribution in [3.63, 3.8) is 0 Å². The first-order valence-electron chi connectivity index (χ1n) is 10.8. The molecule has 1 aromatic heterocycles. The number of aliphatic hydroxyl groups excluding tert-OH is 1. The Kier molecular flexibility index (Phi) is 9.75. The molecule has 0 bridgehead atoms. The molecule has 0 spiro atoms. The number of carbonyl (C=O) groups is 1. The molecule has 1 unspecified atom stereocenters. The van der Waals surface area contributed by atoms with Crippen LogP contribution in [0.5, 0.6) is 5.75 Å². The molecule has 0 fully saturated rings. The summed E-state index contributed by atoms with van der Waals surface area (Å²) in [5.74, 6) is 0.817. The van der Waals surface area contributed by atoms with Gasteiger partial charge >= 0.3 is 0 Å². The molecule has 2 N–H and O–H groups in total. The minimum atomic E-state index is -0.480. The maximum atomic E-state index is 11.2. The number of aromatic nitrogens is 1. The van der Waals surface area contributed by atoms with Crippen LogP contribution >= 0.6 is 0 Å². The standard InChI is InChI=1S/C27H25N3O2.CH4O/c1-5-9-24-19(4)26(29-18(3)17-31)23(16-28)27(30-24)21-14-12-20(13-15-21)22-10-7-8-11-25(22)32-6-2;1-2/h5,7-15,17-18,29H,1,4,6H2,2-3H3;2H,1H3/b24-9+;. The number of nitrogens with zero attached hydrogens (tertiary/aromatic N) is 2. The summed E-state index contributed by atoms with van der Waals surface area (Å²) in [5, 5.41) is 21.1. The van der Waals surface area contributed by atoms with Crippen molar-refractivity contribution in [1.29, 1.82) is 5.26 Å². The SMILES string of the molecule is C=C/C=c1/nc(-c2ccc(-c3ccccc3OCC)cc2)c(C#N)c(NC(C)C=O)c1=C.CO. The lowest BCUT2D eigenvalue weighted by Gasteiger charge is -2.15. The average molecular weight is 456 g/mol. The molecule has 6 nitrogen and oxygen atoms in total. The first-order valence-corrected chi connectivity index (χ1v) is 10.8. The molecular weight excluding hydrogens is 426 g/mol. The second-order valence-corrected chi connectivity index (χ2v) is 7.16. The van der Waals surface area contributed by atoms with Gasteiger partial charge in [-0.2, -0.15) is 5.26 Å². The van der Waals surface area contributed by atoms with Gasteiger partial charge in [0.15, 0.2) is 0 Å². The molecule has 0 amide bonds. The predicted molar refractivity (Wildman–Crippen MR) is 138 cm³/mol. The number of ether oxygens (including phenoxy) is 1. The first kappa shape index (κ1) is 26.0. The Morgan fingerprint density at radius 2 is 1.82 bits per heavy atom. The highest BCUT2D eigenvalue weighted by molar-refractivity contribution is 5.79. The highest BCUT2D eigenvalue weighted by Gasteiger charge is 2.16. The van der Waals surface area contributed by atoms with E-state index in [9.17, 15) is 10.1 Å². The summed E-state index contributed by atoms with van der Waals surface area (Å²) in [4.78, 5) is 15.9. The van der Waals surface area contributed by atoms with Gasteiger partial charge < -0.3 is 20.0 Å². The second kappa shape index (κ2) is 12.7. The summed E-state index contributed by atoms with van der Waals surface area (Å²) >= 11 is 0. The maximum Gasteiger partial charge on any atom is 0.141 e. The van der Waals surface area contributed by atoms with Crippen LogP contribution in [0.25, 0.3) is 35.0 Å². The molecule has 2 aromatic carbocycles. The number of anilines is 1. The Balaban J connectivity index is 0.00000199. The third-order valence-electron chi connectivity index (χ3n) is 4.95. The summed E-state index contributed by atoms with van der Waals surface area (Å²) in [6.45, 7) is 12.1. The van der Waals surface area contributed by atoms with Crippen LogP contribution in [0, 0.1) is 11.3 Å². The molecule has 0 aliphatic carbocycles. The van der Waals surface area contributed by atoms with Crippen molar-refractivity contribution < 1.29 is 14.6 Å². The third kappa shape index (κ3) is 5.77. The van der Waals surface area contributed by atoms with Gasteiger partial charge in [0, 0.05) is 23.5 Å². The molecule has 0 aliphatic heterocycles. The number of benzene rings is 2. The Morgan fingerprint density at radius 1 is 1.18 bits per heavy atom. The van der Waals surface area contributed by atoms with Gasteiger partial charge in [-0.25, -0.2) is 4.98 Å². The largest absolute Gasteiger partial charge is 0.493 e. The number of rotatable bonds is 8. The summed E-state index contributed by atoms with van der Waals surface area (Å²) in [7, 11) is 1.00. The van der Waals surface area contributed by atoms with Crippen molar-refractivity contribution in [2.24, 2.45) is 0 Å². The van der Waals surface area contributed by atoms with Crippen LogP contribution < -0.4 is 20.6 Å². The van der Waals surface area contributed by atoms with Crippen LogP contribution in [-0.4, -0.2) is 36.1 Å². The van der Waals surface area contributed by atoms with E-state index in [2.05, 4.69) is 29.5 Å². The van der Waals surface area contributed by atoms with Gasteiger partial charge in [0.1, 0.15) is 23.7 Å². The van der Waals surface area contributed by atoms with Crippen molar-refractivity contribution in [3.05, 3.63) is 77.3 Å². The van der Waals surface area contributed by atoms with E-state index in [0.717, 1.165) is 35.8 Å². The van der Waals surface area contributed by atoms with E-state index < -0.39 is 6.04 Å². The van der Waals surface area contributed by atoms with Crippen molar-refractivity contribution >= 4 is 24.6 Å². The monoisotopic (exact) mass is 455 g/mol. The van der Waals surface area contributed by atoms with E-state index in [-0.39, 0.29) is 0 Å². The number of hydrogen-bond acceptors (Lipinski definition) is 6. The molecule has 1 atom stereocenters.